The molecule has 0 fully saturated rings. The number of unbranched alkanes of at least 4 members (excludes halogenated alkanes) is 2. The lowest BCUT2D eigenvalue weighted by Gasteiger charge is -1.95. The number of methoxy groups -OCH3 is 1. The first-order valence-corrected chi connectivity index (χ1v) is 4.95. The molecule has 0 aromatic carbocycles. The van der Waals surface area contributed by atoms with E-state index < -0.39 is 0 Å². The van der Waals surface area contributed by atoms with E-state index in [-0.39, 0.29) is 5.97 Å². The second-order valence-corrected chi connectivity index (χ2v) is 2.91. The van der Waals surface area contributed by atoms with Crippen LogP contribution in [-0.2, 0) is 14.3 Å². The van der Waals surface area contributed by atoms with Gasteiger partial charge in [-0.25, -0.2) is 0 Å². The summed E-state index contributed by atoms with van der Waals surface area (Å²) < 4.78 is 4.50. The van der Waals surface area contributed by atoms with E-state index in [0.29, 0.717) is 12.8 Å². The third-order valence-corrected chi connectivity index (χ3v) is 1.70. The van der Waals surface area contributed by atoms with E-state index in [1.165, 1.54) is 7.11 Å². The van der Waals surface area contributed by atoms with Gasteiger partial charge in [0.1, 0.15) is 6.29 Å². The molecule has 0 heterocycles. The topological polar surface area (TPSA) is 43.4 Å². The minimum absolute atomic E-state index is 0.172. The zero-order valence-electron chi connectivity index (χ0n) is 8.99. The van der Waals surface area contributed by atoms with Crippen molar-refractivity contribution in [2.24, 2.45) is 0 Å². The number of aldehydes is 1. The molecule has 0 spiro atoms. The summed E-state index contributed by atoms with van der Waals surface area (Å²) in [6.45, 7) is 0. The van der Waals surface area contributed by atoms with Gasteiger partial charge in [0.05, 0.1) is 7.11 Å². The van der Waals surface area contributed by atoms with Crippen LogP contribution in [0.4, 0.5) is 0 Å². The first kappa shape index (κ1) is 13.4. The molecule has 82 valence electrons. The summed E-state index contributed by atoms with van der Waals surface area (Å²) in [5, 5.41) is 0. The van der Waals surface area contributed by atoms with Gasteiger partial charge in [0.2, 0.25) is 0 Å². The van der Waals surface area contributed by atoms with E-state index in [9.17, 15) is 9.59 Å². The van der Waals surface area contributed by atoms with Gasteiger partial charge in [0, 0.05) is 19.3 Å². The van der Waals surface area contributed by atoms with Gasteiger partial charge in [0.25, 0.3) is 0 Å². The largest absolute Gasteiger partial charge is 0.469 e. The number of hydrogen-bond acceptors (Lipinski definition) is 3. The molecule has 0 saturated carbocycles. The van der Waals surface area contributed by atoms with Crippen LogP contribution in [0.25, 0.3) is 0 Å². The van der Waals surface area contributed by atoms with Crippen LogP contribution in [0.5, 0.6) is 0 Å². The number of carbonyl (C=O) groups excluding carboxylic acids is 2. The lowest BCUT2D eigenvalue weighted by molar-refractivity contribution is -0.140. The van der Waals surface area contributed by atoms with Gasteiger partial charge in [0.15, 0.2) is 0 Å². The van der Waals surface area contributed by atoms with Crippen molar-refractivity contribution >= 4 is 12.3 Å². The van der Waals surface area contributed by atoms with E-state index in [1.807, 2.05) is 0 Å². The number of ether oxygens (including phenoxy) is 1. The first-order valence-electron chi connectivity index (χ1n) is 4.95. The van der Waals surface area contributed by atoms with Gasteiger partial charge in [-0.1, -0.05) is 17.9 Å². The lowest BCUT2D eigenvalue weighted by atomic mass is 10.2. The third kappa shape index (κ3) is 10.4. The van der Waals surface area contributed by atoms with Crippen LogP contribution in [0.15, 0.2) is 12.2 Å². The highest BCUT2D eigenvalue weighted by Crippen LogP contribution is 1.99. The molecule has 0 N–H and O–H groups in total. The Morgan fingerprint density at radius 3 is 2.87 bits per heavy atom. The van der Waals surface area contributed by atoms with Gasteiger partial charge in [-0.05, 0) is 18.9 Å². The quantitative estimate of drug-likeness (QED) is 0.289. The van der Waals surface area contributed by atoms with Crippen molar-refractivity contribution in [1.29, 1.82) is 0 Å². The molecule has 15 heavy (non-hydrogen) atoms. The maximum Gasteiger partial charge on any atom is 0.305 e. The summed E-state index contributed by atoms with van der Waals surface area (Å²) in [5.74, 6) is 5.58. The van der Waals surface area contributed by atoms with Gasteiger partial charge < -0.3 is 9.53 Å². The van der Waals surface area contributed by atoms with Crippen LogP contribution in [-0.4, -0.2) is 19.4 Å². The van der Waals surface area contributed by atoms with E-state index in [4.69, 9.17) is 0 Å². The summed E-state index contributed by atoms with van der Waals surface area (Å²) in [7, 11) is 1.39. The predicted molar refractivity (Wildman–Crippen MR) is 58.1 cm³/mol. The van der Waals surface area contributed by atoms with E-state index in [1.54, 1.807) is 12.2 Å². The van der Waals surface area contributed by atoms with Gasteiger partial charge >= 0.3 is 5.97 Å². The molecule has 0 aliphatic heterocycles. The average molecular weight is 208 g/mol. The van der Waals surface area contributed by atoms with E-state index in [2.05, 4.69) is 16.6 Å². The molecule has 0 atom stereocenters. The Morgan fingerprint density at radius 2 is 2.20 bits per heavy atom. The molecule has 0 aromatic heterocycles. The predicted octanol–water partition coefficient (Wildman–Crippen LogP) is 1.87. The Balaban J connectivity index is 3.37. The molecule has 0 radical (unpaired) electrons. The minimum atomic E-state index is -0.172. The molecule has 3 nitrogen and oxygen atoms in total. The highest BCUT2D eigenvalue weighted by Gasteiger charge is 1.97. The van der Waals surface area contributed by atoms with Crippen LogP contribution in [0.2, 0.25) is 0 Å². The van der Waals surface area contributed by atoms with Crippen LogP contribution in [0.3, 0.4) is 0 Å². The Hall–Kier alpha value is -1.56. The van der Waals surface area contributed by atoms with Crippen molar-refractivity contribution in [1.82, 2.24) is 0 Å². The third-order valence-electron chi connectivity index (χ3n) is 1.70. The van der Waals surface area contributed by atoms with Crippen LogP contribution in [0, 0.1) is 11.8 Å². The van der Waals surface area contributed by atoms with E-state index >= 15 is 0 Å². The van der Waals surface area contributed by atoms with Crippen molar-refractivity contribution in [3.63, 3.8) is 0 Å². The molecular formula is C12H16O3. The normalized spacial score (nSPS) is 9.40. The Bertz CT molecular complexity index is 268. The molecule has 0 unspecified atom stereocenters. The fourth-order valence-corrected chi connectivity index (χ4v) is 0.898. The highest BCUT2D eigenvalue weighted by molar-refractivity contribution is 5.68. The Kier molecular flexibility index (Phi) is 9.43. The fourth-order valence-electron chi connectivity index (χ4n) is 0.898. The summed E-state index contributed by atoms with van der Waals surface area (Å²) in [6, 6.07) is 0. The van der Waals surface area contributed by atoms with Crippen molar-refractivity contribution in [3.05, 3.63) is 12.2 Å². The fraction of sp³-hybridized carbons (Fsp3) is 0.500. The number of rotatable bonds is 6. The van der Waals surface area contributed by atoms with E-state index in [0.717, 1.165) is 25.5 Å². The van der Waals surface area contributed by atoms with Crippen molar-refractivity contribution < 1.29 is 14.3 Å². The maximum absolute atomic E-state index is 10.7. The monoisotopic (exact) mass is 208 g/mol. The van der Waals surface area contributed by atoms with Crippen molar-refractivity contribution in [3.8, 4) is 11.8 Å². The molecule has 0 rings (SSSR count). The number of esters is 1. The highest BCUT2D eigenvalue weighted by atomic mass is 16.5. The molecule has 0 aliphatic carbocycles. The molecule has 3 heteroatoms. The zero-order chi connectivity index (χ0) is 11.4. The van der Waals surface area contributed by atoms with Crippen LogP contribution in [0.1, 0.15) is 32.1 Å². The molecule has 0 aromatic rings. The van der Waals surface area contributed by atoms with Gasteiger partial charge in [-0.2, -0.15) is 0 Å². The zero-order valence-corrected chi connectivity index (χ0v) is 8.99. The van der Waals surface area contributed by atoms with Gasteiger partial charge in [-0.15, -0.1) is 0 Å². The average Bonchev–Trinajstić information content (AvgIpc) is 2.26. The SMILES string of the molecule is COC(=O)CCCCC#C/C=C/CC=O. The second kappa shape index (κ2) is 10.5. The van der Waals surface area contributed by atoms with Crippen molar-refractivity contribution in [2.75, 3.05) is 7.11 Å². The Morgan fingerprint density at radius 1 is 1.40 bits per heavy atom. The maximum atomic E-state index is 10.7. The molecular weight excluding hydrogens is 192 g/mol. The summed E-state index contributed by atoms with van der Waals surface area (Å²) in [5.41, 5.74) is 0. The van der Waals surface area contributed by atoms with Crippen LogP contribution >= 0.6 is 0 Å². The second-order valence-electron chi connectivity index (χ2n) is 2.91. The summed E-state index contributed by atoms with van der Waals surface area (Å²) >= 11 is 0. The molecule has 0 bridgehead atoms. The number of allylic oxidation sites excluding steroid dienone is 2. The smallest absolute Gasteiger partial charge is 0.305 e. The molecule has 0 amide bonds. The summed E-state index contributed by atoms with van der Waals surface area (Å²) in [4.78, 5) is 20.6. The minimum Gasteiger partial charge on any atom is -0.469 e. The van der Waals surface area contributed by atoms with Crippen molar-refractivity contribution in [2.45, 2.75) is 32.1 Å². The van der Waals surface area contributed by atoms with Crippen LogP contribution < -0.4 is 0 Å². The Labute approximate surface area is 90.5 Å². The first-order chi connectivity index (χ1) is 7.31. The standard InChI is InChI=1S/C12H16O3/c1-15-12(14)10-8-6-4-2-3-5-7-9-11-13/h5,7,11H,4,6,8-10H2,1H3/b7-5+. The molecule has 0 aliphatic rings. The summed E-state index contributed by atoms with van der Waals surface area (Å²) in [6.07, 6.45) is 7.55. The lowest BCUT2D eigenvalue weighted by Crippen LogP contribution is -1.98. The number of carbonyl (C=O) groups is 2. The van der Waals surface area contributed by atoms with Gasteiger partial charge in [-0.3, -0.25) is 4.79 Å². The number of hydrogen-bond donors (Lipinski definition) is 0. The molecule has 0 saturated heterocycles.